The minimum atomic E-state index is -0.411. The summed E-state index contributed by atoms with van der Waals surface area (Å²) < 4.78 is 12.9. The Balaban J connectivity index is 1.53. The van der Waals surface area contributed by atoms with Gasteiger partial charge in [0, 0.05) is 44.0 Å². The number of benzene rings is 1. The highest BCUT2D eigenvalue weighted by molar-refractivity contribution is 7.14. The topological polar surface area (TPSA) is 82.6 Å². The lowest BCUT2D eigenvalue weighted by Gasteiger charge is -2.34. The molecule has 0 bridgehead atoms. The molecule has 0 spiro atoms. The van der Waals surface area contributed by atoms with Gasteiger partial charge < -0.3 is 9.80 Å². The minimum Gasteiger partial charge on any atom is -0.339 e. The fourth-order valence-electron chi connectivity index (χ4n) is 2.75. The highest BCUT2D eigenvalue weighted by Gasteiger charge is 2.23. The molecule has 1 aliphatic heterocycles. The van der Waals surface area contributed by atoms with E-state index in [-0.39, 0.29) is 24.1 Å². The number of amides is 3. The molecule has 2 aromatic rings. The van der Waals surface area contributed by atoms with Crippen LogP contribution in [-0.2, 0) is 16.0 Å². The second kappa shape index (κ2) is 8.26. The van der Waals surface area contributed by atoms with E-state index >= 15 is 0 Å². The summed E-state index contributed by atoms with van der Waals surface area (Å²) in [7, 11) is 0. The lowest BCUT2D eigenvalue weighted by atomic mass is 10.2. The van der Waals surface area contributed by atoms with Gasteiger partial charge in [-0.25, -0.2) is 9.37 Å². The van der Waals surface area contributed by atoms with Crippen LogP contribution in [0.15, 0.2) is 29.6 Å². The van der Waals surface area contributed by atoms with Crippen molar-refractivity contribution in [2.24, 2.45) is 0 Å². The third-order valence-corrected chi connectivity index (χ3v) is 5.10. The number of anilines is 1. The van der Waals surface area contributed by atoms with Crippen molar-refractivity contribution < 1.29 is 18.8 Å². The number of halogens is 1. The van der Waals surface area contributed by atoms with Gasteiger partial charge in [0.15, 0.2) is 5.13 Å². The second-order valence-corrected chi connectivity index (χ2v) is 7.03. The van der Waals surface area contributed by atoms with Crippen LogP contribution in [0.3, 0.4) is 0 Å². The van der Waals surface area contributed by atoms with E-state index in [0.29, 0.717) is 42.6 Å². The van der Waals surface area contributed by atoms with Crippen LogP contribution in [0.25, 0.3) is 0 Å². The molecule has 27 heavy (non-hydrogen) atoms. The van der Waals surface area contributed by atoms with E-state index in [9.17, 15) is 18.8 Å². The van der Waals surface area contributed by atoms with Gasteiger partial charge in [0.05, 0.1) is 12.1 Å². The Bertz CT molecular complexity index is 845. The standard InChI is InChI=1S/C18H19FN4O3S/c1-12(24)22-6-8-23(9-7-22)16(25)10-15-11-27-18(20-15)21-17(26)13-2-4-14(19)5-3-13/h2-5,11H,6-10H2,1H3,(H,20,21,26). The zero-order chi connectivity index (χ0) is 19.4. The van der Waals surface area contributed by atoms with Gasteiger partial charge in [0.2, 0.25) is 11.8 Å². The summed E-state index contributed by atoms with van der Waals surface area (Å²) in [6.45, 7) is 3.62. The number of aromatic nitrogens is 1. The fourth-order valence-corrected chi connectivity index (χ4v) is 3.46. The number of piperazine rings is 1. The smallest absolute Gasteiger partial charge is 0.257 e. The van der Waals surface area contributed by atoms with Gasteiger partial charge >= 0.3 is 0 Å². The lowest BCUT2D eigenvalue weighted by Crippen LogP contribution is -2.50. The first-order valence-corrected chi connectivity index (χ1v) is 9.35. The Morgan fingerprint density at radius 2 is 1.74 bits per heavy atom. The molecular formula is C18H19FN4O3S. The van der Waals surface area contributed by atoms with Gasteiger partial charge in [-0.2, -0.15) is 0 Å². The van der Waals surface area contributed by atoms with Crippen molar-refractivity contribution >= 4 is 34.2 Å². The van der Waals surface area contributed by atoms with E-state index in [1.54, 1.807) is 15.2 Å². The molecule has 0 aliphatic carbocycles. The van der Waals surface area contributed by atoms with E-state index in [1.807, 2.05) is 0 Å². The molecular weight excluding hydrogens is 371 g/mol. The molecule has 0 unspecified atom stereocenters. The number of carbonyl (C=O) groups is 3. The molecule has 1 N–H and O–H groups in total. The molecule has 0 saturated carbocycles. The summed E-state index contributed by atoms with van der Waals surface area (Å²) in [4.78, 5) is 43.6. The van der Waals surface area contributed by atoms with Crippen LogP contribution >= 0.6 is 11.3 Å². The highest BCUT2D eigenvalue weighted by Crippen LogP contribution is 2.18. The van der Waals surface area contributed by atoms with E-state index in [0.717, 1.165) is 0 Å². The summed E-state index contributed by atoms with van der Waals surface area (Å²) >= 11 is 1.23. The number of rotatable bonds is 4. The van der Waals surface area contributed by atoms with Gasteiger partial charge in [-0.05, 0) is 24.3 Å². The van der Waals surface area contributed by atoms with E-state index in [1.165, 1.54) is 42.5 Å². The van der Waals surface area contributed by atoms with Crippen molar-refractivity contribution in [2.75, 3.05) is 31.5 Å². The number of hydrogen-bond donors (Lipinski definition) is 1. The minimum absolute atomic E-state index is 0.0168. The maximum absolute atomic E-state index is 12.9. The predicted molar refractivity (Wildman–Crippen MR) is 99.0 cm³/mol. The van der Waals surface area contributed by atoms with Crippen LogP contribution in [0.2, 0.25) is 0 Å². The van der Waals surface area contributed by atoms with Crippen LogP contribution < -0.4 is 5.32 Å². The highest BCUT2D eigenvalue weighted by atomic mass is 32.1. The maximum Gasteiger partial charge on any atom is 0.257 e. The molecule has 1 aliphatic rings. The fraction of sp³-hybridized carbons (Fsp3) is 0.333. The molecule has 2 heterocycles. The Kier molecular flexibility index (Phi) is 5.80. The third-order valence-electron chi connectivity index (χ3n) is 4.29. The molecule has 142 valence electrons. The monoisotopic (exact) mass is 390 g/mol. The van der Waals surface area contributed by atoms with Gasteiger partial charge in [-0.1, -0.05) is 0 Å². The molecule has 0 atom stereocenters. The lowest BCUT2D eigenvalue weighted by molar-refractivity contribution is -0.138. The van der Waals surface area contributed by atoms with Crippen molar-refractivity contribution in [3.05, 3.63) is 46.7 Å². The Morgan fingerprint density at radius 1 is 1.11 bits per heavy atom. The molecule has 1 saturated heterocycles. The van der Waals surface area contributed by atoms with Crippen molar-refractivity contribution in [1.29, 1.82) is 0 Å². The second-order valence-electron chi connectivity index (χ2n) is 6.17. The first-order valence-electron chi connectivity index (χ1n) is 8.47. The number of hydrogen-bond acceptors (Lipinski definition) is 5. The zero-order valence-electron chi connectivity index (χ0n) is 14.8. The number of nitrogens with zero attached hydrogens (tertiary/aromatic N) is 3. The van der Waals surface area contributed by atoms with Crippen LogP contribution in [0, 0.1) is 5.82 Å². The number of nitrogens with one attached hydrogen (secondary N) is 1. The summed E-state index contributed by atoms with van der Waals surface area (Å²) in [6, 6.07) is 5.21. The Labute approximate surface area is 159 Å². The van der Waals surface area contributed by atoms with Crippen molar-refractivity contribution in [3.63, 3.8) is 0 Å². The van der Waals surface area contributed by atoms with Crippen LogP contribution in [0.4, 0.5) is 9.52 Å². The van der Waals surface area contributed by atoms with Gasteiger partial charge in [0.1, 0.15) is 5.82 Å². The molecule has 7 nitrogen and oxygen atoms in total. The largest absolute Gasteiger partial charge is 0.339 e. The molecule has 3 rings (SSSR count). The molecule has 1 aromatic heterocycles. The summed E-state index contributed by atoms with van der Waals surface area (Å²) in [5, 5.41) is 4.76. The maximum atomic E-state index is 12.9. The van der Waals surface area contributed by atoms with Crippen LogP contribution in [0.1, 0.15) is 23.0 Å². The number of thiazole rings is 1. The quantitative estimate of drug-likeness (QED) is 0.863. The van der Waals surface area contributed by atoms with Gasteiger partial charge in [0.25, 0.3) is 5.91 Å². The van der Waals surface area contributed by atoms with Crippen molar-refractivity contribution in [2.45, 2.75) is 13.3 Å². The SMILES string of the molecule is CC(=O)N1CCN(C(=O)Cc2csc(NC(=O)c3ccc(F)cc3)n2)CC1. The summed E-state index contributed by atoms with van der Waals surface area (Å²) in [6.07, 6.45) is 0.142. The molecule has 9 heteroatoms. The van der Waals surface area contributed by atoms with Gasteiger partial charge in [-0.3, -0.25) is 19.7 Å². The number of carbonyl (C=O) groups excluding carboxylic acids is 3. The van der Waals surface area contributed by atoms with Crippen LogP contribution in [-0.4, -0.2) is 58.7 Å². The zero-order valence-corrected chi connectivity index (χ0v) is 15.6. The molecule has 0 radical (unpaired) electrons. The normalized spacial score (nSPS) is 14.1. The first-order chi connectivity index (χ1) is 12.9. The Hall–Kier alpha value is -2.81. The van der Waals surface area contributed by atoms with Gasteiger partial charge in [-0.15, -0.1) is 11.3 Å². The first kappa shape index (κ1) is 19.0. The Morgan fingerprint density at radius 3 is 2.37 bits per heavy atom. The molecule has 1 aromatic carbocycles. The van der Waals surface area contributed by atoms with E-state index < -0.39 is 5.82 Å². The van der Waals surface area contributed by atoms with Crippen LogP contribution in [0.5, 0.6) is 0 Å². The van der Waals surface area contributed by atoms with E-state index in [4.69, 9.17) is 0 Å². The molecule has 3 amide bonds. The average Bonchev–Trinajstić information content (AvgIpc) is 3.09. The predicted octanol–water partition coefficient (Wildman–Crippen LogP) is 1.77. The van der Waals surface area contributed by atoms with Crippen molar-refractivity contribution in [3.8, 4) is 0 Å². The van der Waals surface area contributed by atoms with Crippen molar-refractivity contribution in [1.82, 2.24) is 14.8 Å². The summed E-state index contributed by atoms with van der Waals surface area (Å²) in [5.74, 6) is -0.837. The van der Waals surface area contributed by atoms with E-state index in [2.05, 4.69) is 10.3 Å². The summed E-state index contributed by atoms with van der Waals surface area (Å²) in [5.41, 5.74) is 0.904. The average molecular weight is 390 g/mol. The third kappa shape index (κ3) is 4.88. The molecule has 1 fully saturated rings.